The van der Waals surface area contributed by atoms with Crippen LogP contribution < -0.4 is 15.4 Å². The van der Waals surface area contributed by atoms with Crippen LogP contribution in [0.15, 0.2) is 78.0 Å². The van der Waals surface area contributed by atoms with E-state index in [4.69, 9.17) is 4.74 Å². The third-order valence-corrected chi connectivity index (χ3v) is 6.70. The SMILES string of the molecule is CCc1cccc(C)c1-n1c(CNC(=O)c2ccc(OC)cc2)nnc1SCC(=O)Nc1ccccc1. The van der Waals surface area contributed by atoms with E-state index in [1.165, 1.54) is 11.8 Å². The van der Waals surface area contributed by atoms with Crippen LogP contribution in [0.2, 0.25) is 0 Å². The summed E-state index contributed by atoms with van der Waals surface area (Å²) in [5, 5.41) is 15.2. The molecule has 0 aliphatic rings. The predicted molar refractivity (Wildman–Crippen MR) is 145 cm³/mol. The van der Waals surface area contributed by atoms with E-state index in [1.807, 2.05) is 54.0 Å². The molecule has 37 heavy (non-hydrogen) atoms. The van der Waals surface area contributed by atoms with Gasteiger partial charge in [0, 0.05) is 11.3 Å². The lowest BCUT2D eigenvalue weighted by atomic mass is 10.1. The normalized spacial score (nSPS) is 10.7. The van der Waals surface area contributed by atoms with Gasteiger partial charge in [-0.05, 0) is 60.9 Å². The second-order valence-electron chi connectivity index (χ2n) is 8.28. The second kappa shape index (κ2) is 12.2. The van der Waals surface area contributed by atoms with Crippen LogP contribution in [0.3, 0.4) is 0 Å². The maximum absolute atomic E-state index is 12.8. The van der Waals surface area contributed by atoms with Crippen molar-refractivity contribution in [1.29, 1.82) is 0 Å². The number of nitrogens with zero attached hydrogens (tertiary/aromatic N) is 3. The number of rotatable bonds is 10. The van der Waals surface area contributed by atoms with Gasteiger partial charge in [0.05, 0.1) is 25.1 Å². The molecule has 9 heteroatoms. The lowest BCUT2D eigenvalue weighted by Gasteiger charge is -2.17. The molecule has 0 unspecified atom stereocenters. The van der Waals surface area contributed by atoms with E-state index >= 15 is 0 Å². The number of benzene rings is 3. The quantitative estimate of drug-likeness (QED) is 0.294. The molecule has 190 valence electrons. The highest BCUT2D eigenvalue weighted by molar-refractivity contribution is 7.99. The predicted octanol–water partition coefficient (Wildman–Crippen LogP) is 4.81. The van der Waals surface area contributed by atoms with E-state index < -0.39 is 0 Å². The van der Waals surface area contributed by atoms with E-state index in [0.29, 0.717) is 22.3 Å². The molecule has 0 saturated carbocycles. The van der Waals surface area contributed by atoms with Crippen molar-refractivity contribution in [3.8, 4) is 11.4 Å². The van der Waals surface area contributed by atoms with E-state index in [1.54, 1.807) is 31.4 Å². The van der Waals surface area contributed by atoms with Crippen molar-refractivity contribution in [3.63, 3.8) is 0 Å². The van der Waals surface area contributed by atoms with Gasteiger partial charge in [-0.15, -0.1) is 10.2 Å². The number of hydrogen-bond acceptors (Lipinski definition) is 6. The third kappa shape index (κ3) is 6.37. The fourth-order valence-corrected chi connectivity index (χ4v) is 4.67. The molecule has 2 amide bonds. The molecular formula is C28H29N5O3S. The highest BCUT2D eigenvalue weighted by atomic mass is 32.2. The minimum absolute atomic E-state index is 0.138. The molecule has 0 radical (unpaired) electrons. The third-order valence-electron chi connectivity index (χ3n) is 5.78. The van der Waals surface area contributed by atoms with E-state index in [0.717, 1.165) is 28.9 Å². The highest BCUT2D eigenvalue weighted by Crippen LogP contribution is 2.28. The first-order chi connectivity index (χ1) is 18.0. The maximum Gasteiger partial charge on any atom is 0.251 e. The van der Waals surface area contributed by atoms with Crippen molar-refractivity contribution in [2.75, 3.05) is 18.2 Å². The molecule has 0 atom stereocenters. The fraction of sp³-hybridized carbons (Fsp3) is 0.214. The molecule has 4 aromatic rings. The molecule has 0 saturated heterocycles. The number of ether oxygens (including phenoxy) is 1. The van der Waals surface area contributed by atoms with Gasteiger partial charge >= 0.3 is 0 Å². The number of hydrogen-bond donors (Lipinski definition) is 2. The molecule has 1 aromatic heterocycles. The number of aromatic nitrogens is 3. The summed E-state index contributed by atoms with van der Waals surface area (Å²) in [5.74, 6) is 1.06. The largest absolute Gasteiger partial charge is 0.497 e. The summed E-state index contributed by atoms with van der Waals surface area (Å²) in [6.07, 6.45) is 0.811. The van der Waals surface area contributed by atoms with Crippen molar-refractivity contribution in [2.45, 2.75) is 32.0 Å². The Morgan fingerprint density at radius 1 is 0.973 bits per heavy atom. The molecule has 3 aromatic carbocycles. The molecule has 4 rings (SSSR count). The van der Waals surface area contributed by atoms with Crippen LogP contribution in [0.4, 0.5) is 5.69 Å². The summed E-state index contributed by atoms with van der Waals surface area (Å²) in [7, 11) is 1.58. The summed E-state index contributed by atoms with van der Waals surface area (Å²) in [4.78, 5) is 25.4. The standard InChI is InChI=1S/C28H29N5O3S/c1-4-20-10-8-9-19(2)26(20)33-24(17-29-27(35)21-13-15-23(36-3)16-14-21)31-32-28(33)37-18-25(34)30-22-11-6-5-7-12-22/h5-16H,4,17-18H2,1-3H3,(H,29,35)(H,30,34). The molecule has 0 bridgehead atoms. The first-order valence-corrected chi connectivity index (χ1v) is 12.9. The van der Waals surface area contributed by atoms with Gasteiger partial charge in [-0.1, -0.05) is 55.1 Å². The average Bonchev–Trinajstić information content (AvgIpc) is 3.33. The Kier molecular flexibility index (Phi) is 8.58. The van der Waals surface area contributed by atoms with Crippen LogP contribution in [0.5, 0.6) is 5.75 Å². The van der Waals surface area contributed by atoms with Gasteiger partial charge in [-0.25, -0.2) is 0 Å². The number of aryl methyl sites for hydroxylation is 2. The number of methoxy groups -OCH3 is 1. The summed E-state index contributed by atoms with van der Waals surface area (Å²) in [5.41, 5.74) is 4.40. The Bertz CT molecular complexity index is 1370. The molecule has 0 spiro atoms. The minimum Gasteiger partial charge on any atom is -0.497 e. The Morgan fingerprint density at radius 2 is 1.73 bits per heavy atom. The number of amides is 2. The zero-order chi connectivity index (χ0) is 26.2. The first kappa shape index (κ1) is 26.0. The Morgan fingerprint density at radius 3 is 2.43 bits per heavy atom. The fourth-order valence-electron chi connectivity index (χ4n) is 3.91. The van der Waals surface area contributed by atoms with E-state index in [9.17, 15) is 9.59 Å². The van der Waals surface area contributed by atoms with Crippen LogP contribution in [0.25, 0.3) is 5.69 Å². The zero-order valence-corrected chi connectivity index (χ0v) is 21.8. The highest BCUT2D eigenvalue weighted by Gasteiger charge is 2.20. The lowest BCUT2D eigenvalue weighted by Crippen LogP contribution is -2.25. The number of carbonyl (C=O) groups is 2. The summed E-state index contributed by atoms with van der Waals surface area (Å²) in [6, 6.07) is 22.4. The van der Waals surface area contributed by atoms with Crippen LogP contribution >= 0.6 is 11.8 Å². The van der Waals surface area contributed by atoms with Crippen molar-refractivity contribution < 1.29 is 14.3 Å². The van der Waals surface area contributed by atoms with Gasteiger partial charge in [0.25, 0.3) is 5.91 Å². The van der Waals surface area contributed by atoms with Crippen LogP contribution in [0, 0.1) is 6.92 Å². The Balaban J connectivity index is 1.57. The molecule has 0 aliphatic carbocycles. The number of anilines is 1. The van der Waals surface area contributed by atoms with E-state index in [2.05, 4.69) is 33.8 Å². The lowest BCUT2D eigenvalue weighted by molar-refractivity contribution is -0.113. The molecule has 0 aliphatic heterocycles. The maximum atomic E-state index is 12.8. The van der Waals surface area contributed by atoms with E-state index in [-0.39, 0.29) is 24.1 Å². The number of para-hydroxylation sites is 2. The van der Waals surface area contributed by atoms with Crippen LogP contribution in [-0.4, -0.2) is 39.4 Å². The van der Waals surface area contributed by atoms with Gasteiger partial charge in [-0.2, -0.15) is 0 Å². The summed E-state index contributed by atoms with van der Waals surface area (Å²) >= 11 is 1.30. The van der Waals surface area contributed by atoms with Gasteiger partial charge < -0.3 is 15.4 Å². The smallest absolute Gasteiger partial charge is 0.251 e. The molecule has 8 nitrogen and oxygen atoms in total. The van der Waals surface area contributed by atoms with Gasteiger partial charge in [0.15, 0.2) is 11.0 Å². The van der Waals surface area contributed by atoms with Gasteiger partial charge in [0.1, 0.15) is 5.75 Å². The summed E-state index contributed by atoms with van der Waals surface area (Å²) < 4.78 is 7.11. The summed E-state index contributed by atoms with van der Waals surface area (Å²) in [6.45, 7) is 4.30. The van der Waals surface area contributed by atoms with Crippen molar-refractivity contribution in [1.82, 2.24) is 20.1 Å². The first-order valence-electron chi connectivity index (χ1n) is 11.9. The molecule has 1 heterocycles. The molecule has 0 fully saturated rings. The van der Waals surface area contributed by atoms with Crippen LogP contribution in [-0.2, 0) is 17.8 Å². The van der Waals surface area contributed by atoms with Crippen LogP contribution in [0.1, 0.15) is 34.2 Å². The Hall–Kier alpha value is -4.11. The monoisotopic (exact) mass is 515 g/mol. The average molecular weight is 516 g/mol. The van der Waals surface area contributed by atoms with Gasteiger partial charge in [-0.3, -0.25) is 14.2 Å². The molecular weight excluding hydrogens is 486 g/mol. The van der Waals surface area contributed by atoms with Crippen molar-refractivity contribution in [3.05, 3.63) is 95.3 Å². The van der Waals surface area contributed by atoms with Crippen molar-refractivity contribution >= 4 is 29.3 Å². The van der Waals surface area contributed by atoms with Gasteiger partial charge in [0.2, 0.25) is 5.91 Å². The number of nitrogens with one attached hydrogen (secondary N) is 2. The second-order valence-corrected chi connectivity index (χ2v) is 9.23. The van der Waals surface area contributed by atoms with Crippen molar-refractivity contribution in [2.24, 2.45) is 0 Å². The number of thioether (sulfide) groups is 1. The molecule has 2 N–H and O–H groups in total. The minimum atomic E-state index is -0.228. The number of carbonyl (C=O) groups excluding carboxylic acids is 2. The topological polar surface area (TPSA) is 98.1 Å². The Labute approximate surface area is 220 Å². The zero-order valence-electron chi connectivity index (χ0n) is 21.0.